The maximum absolute atomic E-state index is 6.19. The van der Waals surface area contributed by atoms with E-state index < -0.39 is 0 Å². The highest BCUT2D eigenvalue weighted by molar-refractivity contribution is 6.30. The van der Waals surface area contributed by atoms with Crippen LogP contribution < -0.4 is 4.90 Å². The van der Waals surface area contributed by atoms with Gasteiger partial charge in [0, 0.05) is 18.3 Å². The van der Waals surface area contributed by atoms with Gasteiger partial charge in [0.15, 0.2) is 0 Å². The lowest BCUT2D eigenvalue weighted by Crippen LogP contribution is -2.14. The standard InChI is InChI=1S/C15H18ClN3/c1-4-5-13-14(16)17-10-18-15(13)19(3)12-8-6-11(2)7-9-12/h6-10H,4-5H2,1-3H3. The quantitative estimate of drug-likeness (QED) is 0.785. The Kier molecular flexibility index (Phi) is 4.38. The first-order valence-electron chi connectivity index (χ1n) is 6.43. The summed E-state index contributed by atoms with van der Waals surface area (Å²) in [5.74, 6) is 0.880. The second-order valence-corrected chi connectivity index (χ2v) is 4.97. The summed E-state index contributed by atoms with van der Waals surface area (Å²) in [5.41, 5.74) is 3.35. The van der Waals surface area contributed by atoms with Gasteiger partial charge in [-0.3, -0.25) is 0 Å². The molecular formula is C15H18ClN3. The third kappa shape index (κ3) is 3.04. The lowest BCUT2D eigenvalue weighted by atomic mass is 10.1. The molecule has 0 atom stereocenters. The minimum Gasteiger partial charge on any atom is -0.329 e. The minimum atomic E-state index is 0.547. The third-order valence-corrected chi connectivity index (χ3v) is 3.43. The van der Waals surface area contributed by atoms with E-state index in [0.29, 0.717) is 5.15 Å². The maximum Gasteiger partial charge on any atom is 0.140 e. The van der Waals surface area contributed by atoms with E-state index in [9.17, 15) is 0 Å². The highest BCUT2D eigenvalue weighted by Crippen LogP contribution is 2.29. The molecule has 0 radical (unpaired) electrons. The Labute approximate surface area is 119 Å². The van der Waals surface area contributed by atoms with Crippen molar-refractivity contribution >= 4 is 23.1 Å². The molecule has 2 rings (SSSR count). The van der Waals surface area contributed by atoms with Crippen molar-refractivity contribution in [2.24, 2.45) is 0 Å². The van der Waals surface area contributed by atoms with Crippen molar-refractivity contribution in [3.63, 3.8) is 0 Å². The summed E-state index contributed by atoms with van der Waals surface area (Å²) in [6, 6.07) is 8.35. The number of halogens is 1. The van der Waals surface area contributed by atoms with Crippen LogP contribution in [0.2, 0.25) is 5.15 Å². The summed E-state index contributed by atoms with van der Waals surface area (Å²) in [7, 11) is 2.00. The van der Waals surface area contributed by atoms with Crippen molar-refractivity contribution < 1.29 is 0 Å². The zero-order chi connectivity index (χ0) is 13.8. The van der Waals surface area contributed by atoms with E-state index in [4.69, 9.17) is 11.6 Å². The molecule has 0 bridgehead atoms. The highest BCUT2D eigenvalue weighted by Gasteiger charge is 2.14. The van der Waals surface area contributed by atoms with Crippen LogP contribution in [-0.2, 0) is 6.42 Å². The molecule has 3 nitrogen and oxygen atoms in total. The van der Waals surface area contributed by atoms with Crippen molar-refractivity contribution in [2.45, 2.75) is 26.7 Å². The molecule has 0 spiro atoms. The van der Waals surface area contributed by atoms with Gasteiger partial charge in [0.1, 0.15) is 17.3 Å². The summed E-state index contributed by atoms with van der Waals surface area (Å²) in [4.78, 5) is 10.5. The lowest BCUT2D eigenvalue weighted by Gasteiger charge is -2.21. The normalized spacial score (nSPS) is 10.5. The fourth-order valence-corrected chi connectivity index (χ4v) is 2.25. The number of aryl methyl sites for hydroxylation is 1. The average Bonchev–Trinajstić information content (AvgIpc) is 2.41. The number of rotatable bonds is 4. The third-order valence-electron chi connectivity index (χ3n) is 3.11. The summed E-state index contributed by atoms with van der Waals surface area (Å²) in [6.45, 7) is 4.20. The van der Waals surface area contributed by atoms with Crippen molar-refractivity contribution in [2.75, 3.05) is 11.9 Å². The summed E-state index contributed by atoms with van der Waals surface area (Å²) < 4.78 is 0. The van der Waals surface area contributed by atoms with Crippen LogP contribution in [0, 0.1) is 6.92 Å². The predicted molar refractivity (Wildman–Crippen MR) is 80.3 cm³/mol. The second-order valence-electron chi connectivity index (χ2n) is 4.61. The molecule has 0 aliphatic carbocycles. The number of hydrogen-bond acceptors (Lipinski definition) is 3. The van der Waals surface area contributed by atoms with Crippen LogP contribution in [0.4, 0.5) is 11.5 Å². The van der Waals surface area contributed by atoms with Crippen LogP contribution in [0.5, 0.6) is 0 Å². The molecule has 0 fully saturated rings. The maximum atomic E-state index is 6.19. The van der Waals surface area contributed by atoms with Gasteiger partial charge in [-0.2, -0.15) is 0 Å². The topological polar surface area (TPSA) is 29.0 Å². The van der Waals surface area contributed by atoms with Crippen LogP contribution in [0.25, 0.3) is 0 Å². The van der Waals surface area contributed by atoms with E-state index in [1.165, 1.54) is 11.9 Å². The van der Waals surface area contributed by atoms with E-state index in [0.717, 1.165) is 29.9 Å². The molecular weight excluding hydrogens is 258 g/mol. The van der Waals surface area contributed by atoms with Gasteiger partial charge in [-0.05, 0) is 25.5 Å². The van der Waals surface area contributed by atoms with Gasteiger partial charge in [-0.1, -0.05) is 42.6 Å². The fourth-order valence-electron chi connectivity index (χ4n) is 2.03. The van der Waals surface area contributed by atoms with Crippen molar-refractivity contribution in [3.8, 4) is 0 Å². The summed E-state index contributed by atoms with van der Waals surface area (Å²) >= 11 is 6.19. The molecule has 1 aromatic heterocycles. The number of nitrogens with zero attached hydrogens (tertiary/aromatic N) is 3. The molecule has 0 saturated carbocycles. The van der Waals surface area contributed by atoms with Crippen LogP contribution in [-0.4, -0.2) is 17.0 Å². The van der Waals surface area contributed by atoms with Gasteiger partial charge in [0.25, 0.3) is 0 Å². The van der Waals surface area contributed by atoms with E-state index in [2.05, 4.69) is 53.0 Å². The van der Waals surface area contributed by atoms with Crippen LogP contribution in [0.15, 0.2) is 30.6 Å². The first-order chi connectivity index (χ1) is 9.13. The Hall–Kier alpha value is -1.61. The van der Waals surface area contributed by atoms with Crippen molar-refractivity contribution in [1.29, 1.82) is 0 Å². The van der Waals surface area contributed by atoms with Crippen molar-refractivity contribution in [1.82, 2.24) is 9.97 Å². The second kappa shape index (κ2) is 6.02. The van der Waals surface area contributed by atoms with E-state index in [1.807, 2.05) is 7.05 Å². The smallest absolute Gasteiger partial charge is 0.140 e. The number of hydrogen-bond donors (Lipinski definition) is 0. The number of anilines is 2. The van der Waals surface area contributed by atoms with Gasteiger partial charge in [0.05, 0.1) is 0 Å². The zero-order valence-electron chi connectivity index (χ0n) is 11.5. The largest absolute Gasteiger partial charge is 0.329 e. The molecule has 0 aliphatic heterocycles. The average molecular weight is 276 g/mol. The van der Waals surface area contributed by atoms with Gasteiger partial charge >= 0.3 is 0 Å². The molecule has 19 heavy (non-hydrogen) atoms. The Bertz CT molecular complexity index is 552. The first kappa shape index (κ1) is 13.8. The first-order valence-corrected chi connectivity index (χ1v) is 6.81. The lowest BCUT2D eigenvalue weighted by molar-refractivity contribution is 0.891. The Morgan fingerprint density at radius 1 is 1.16 bits per heavy atom. The van der Waals surface area contributed by atoms with Gasteiger partial charge < -0.3 is 4.90 Å². The van der Waals surface area contributed by atoms with Crippen LogP contribution in [0.1, 0.15) is 24.5 Å². The van der Waals surface area contributed by atoms with E-state index in [1.54, 1.807) is 0 Å². The summed E-state index contributed by atoms with van der Waals surface area (Å²) in [5, 5.41) is 0.547. The van der Waals surface area contributed by atoms with Crippen molar-refractivity contribution in [3.05, 3.63) is 46.9 Å². The minimum absolute atomic E-state index is 0.547. The molecule has 0 saturated heterocycles. The predicted octanol–water partition coefficient (Wildman–Crippen LogP) is 4.16. The zero-order valence-corrected chi connectivity index (χ0v) is 12.3. The van der Waals surface area contributed by atoms with E-state index in [-0.39, 0.29) is 0 Å². The molecule has 0 N–H and O–H groups in total. The highest BCUT2D eigenvalue weighted by atomic mass is 35.5. The molecule has 100 valence electrons. The summed E-state index contributed by atoms with van der Waals surface area (Å²) in [6.07, 6.45) is 3.41. The molecule has 1 aromatic carbocycles. The fraction of sp³-hybridized carbons (Fsp3) is 0.333. The molecule has 0 unspecified atom stereocenters. The number of benzene rings is 1. The molecule has 2 aromatic rings. The van der Waals surface area contributed by atoms with E-state index >= 15 is 0 Å². The monoisotopic (exact) mass is 275 g/mol. The molecule has 0 aliphatic rings. The van der Waals surface area contributed by atoms with Gasteiger partial charge in [-0.25, -0.2) is 9.97 Å². The SMILES string of the molecule is CCCc1c(Cl)ncnc1N(C)c1ccc(C)cc1. The Morgan fingerprint density at radius 3 is 2.47 bits per heavy atom. The molecule has 4 heteroatoms. The Balaban J connectivity index is 2.40. The number of aromatic nitrogens is 2. The molecule has 0 amide bonds. The molecule has 1 heterocycles. The van der Waals surface area contributed by atoms with Gasteiger partial charge in [-0.15, -0.1) is 0 Å². The van der Waals surface area contributed by atoms with Gasteiger partial charge in [0.2, 0.25) is 0 Å². The Morgan fingerprint density at radius 2 is 1.84 bits per heavy atom. The van der Waals surface area contributed by atoms with Crippen LogP contribution >= 0.6 is 11.6 Å². The van der Waals surface area contributed by atoms with Crippen LogP contribution in [0.3, 0.4) is 0 Å².